The van der Waals surface area contributed by atoms with Crippen LogP contribution in [0.15, 0.2) is 43.0 Å². The summed E-state index contributed by atoms with van der Waals surface area (Å²) in [6.45, 7) is 3.62. The lowest BCUT2D eigenvalue weighted by Crippen LogP contribution is -1.95. The Morgan fingerprint density at radius 3 is 2.12 bits per heavy atom. The Bertz CT molecular complexity index is 405. The minimum absolute atomic E-state index is 0.343. The number of rotatable bonds is 4. The third-order valence-corrected chi connectivity index (χ3v) is 1.83. The molecule has 96 valence electrons. The average molecular weight is 260 g/mol. The lowest BCUT2D eigenvalue weighted by atomic mass is 10.1. The van der Waals surface area contributed by atoms with Crippen LogP contribution in [-0.2, 0) is 10.4 Å². The fourth-order valence-corrected chi connectivity index (χ4v) is 1.12. The molecule has 5 nitrogen and oxygen atoms in total. The van der Waals surface area contributed by atoms with Crippen LogP contribution >= 0.6 is 0 Å². The van der Waals surface area contributed by atoms with Crippen LogP contribution in [0.25, 0.3) is 0 Å². The minimum Gasteiger partial charge on any atom is -0.388 e. The molecule has 17 heavy (non-hydrogen) atoms. The van der Waals surface area contributed by atoms with Crippen molar-refractivity contribution in [3.05, 3.63) is 48.6 Å². The molecule has 0 aliphatic carbocycles. The summed E-state index contributed by atoms with van der Waals surface area (Å²) < 4.78 is 31.6. The van der Waals surface area contributed by atoms with Crippen LogP contribution in [0, 0.1) is 0 Å². The molecule has 1 aromatic rings. The Morgan fingerprint density at radius 2 is 1.71 bits per heavy atom. The quantitative estimate of drug-likeness (QED) is 0.568. The molecule has 0 amide bonds. The fourth-order valence-electron chi connectivity index (χ4n) is 1.12. The normalized spacial score (nSPS) is 12.2. The second-order valence-corrected chi connectivity index (χ2v) is 4.14. The molecule has 1 aromatic carbocycles. The molecule has 0 aliphatic heterocycles. The van der Waals surface area contributed by atoms with Crippen molar-refractivity contribution in [3.8, 4) is 0 Å². The molecule has 3 N–H and O–H groups in total. The van der Waals surface area contributed by atoms with Crippen LogP contribution in [0.2, 0.25) is 0 Å². The van der Waals surface area contributed by atoms with Crippen molar-refractivity contribution in [2.75, 3.05) is 0 Å². The van der Waals surface area contributed by atoms with Crippen molar-refractivity contribution in [1.82, 2.24) is 0 Å². The fraction of sp³-hybridized carbons (Fsp3) is 0.273. The van der Waals surface area contributed by atoms with Crippen molar-refractivity contribution >= 4 is 10.4 Å². The van der Waals surface area contributed by atoms with E-state index in [4.69, 9.17) is 17.5 Å². The summed E-state index contributed by atoms with van der Waals surface area (Å²) in [6, 6.07) is 9.70. The zero-order valence-corrected chi connectivity index (χ0v) is 10.0. The highest BCUT2D eigenvalue weighted by molar-refractivity contribution is 7.79. The van der Waals surface area contributed by atoms with Gasteiger partial charge in [0.1, 0.15) is 0 Å². The Morgan fingerprint density at radius 1 is 1.24 bits per heavy atom. The summed E-state index contributed by atoms with van der Waals surface area (Å²) in [4.78, 5) is 0. The van der Waals surface area contributed by atoms with E-state index in [9.17, 15) is 5.11 Å². The molecular weight excluding hydrogens is 244 g/mol. The summed E-state index contributed by atoms with van der Waals surface area (Å²) in [6.07, 6.45) is 3.10. The first kappa shape index (κ1) is 15.8. The van der Waals surface area contributed by atoms with Gasteiger partial charge in [-0.15, -0.1) is 6.58 Å². The minimum atomic E-state index is -4.67. The van der Waals surface area contributed by atoms with Gasteiger partial charge in [0.15, 0.2) is 0 Å². The highest BCUT2D eigenvalue weighted by Gasteiger charge is 2.03. The molecule has 0 fully saturated rings. The van der Waals surface area contributed by atoms with E-state index >= 15 is 0 Å². The smallest absolute Gasteiger partial charge is 0.388 e. The molecular formula is C11H16O5S. The molecule has 0 bridgehead atoms. The van der Waals surface area contributed by atoms with Crippen LogP contribution in [0.5, 0.6) is 0 Å². The highest BCUT2D eigenvalue weighted by Crippen LogP contribution is 2.17. The summed E-state index contributed by atoms with van der Waals surface area (Å²) in [5, 5.41) is 9.60. The van der Waals surface area contributed by atoms with Crippen LogP contribution < -0.4 is 0 Å². The molecule has 0 aromatic heterocycles. The molecule has 0 spiro atoms. The second kappa shape index (κ2) is 7.97. The van der Waals surface area contributed by atoms with Crippen LogP contribution in [-0.4, -0.2) is 22.6 Å². The largest absolute Gasteiger partial charge is 0.394 e. The Balaban J connectivity index is 0.000000437. The predicted octanol–water partition coefficient (Wildman–Crippen LogP) is 2.03. The molecule has 1 rings (SSSR count). The number of aliphatic hydroxyl groups excluding tert-OH is 1. The average Bonchev–Trinajstić information content (AvgIpc) is 2.25. The van der Waals surface area contributed by atoms with Crippen LogP contribution in [0.3, 0.4) is 0 Å². The van der Waals surface area contributed by atoms with E-state index in [1.54, 1.807) is 0 Å². The van der Waals surface area contributed by atoms with Gasteiger partial charge >= 0.3 is 10.4 Å². The lowest BCUT2D eigenvalue weighted by molar-refractivity contribution is 0.169. The maximum Gasteiger partial charge on any atom is 0.394 e. The first-order valence-corrected chi connectivity index (χ1v) is 6.28. The molecule has 0 saturated carbocycles. The predicted molar refractivity (Wildman–Crippen MR) is 65.0 cm³/mol. The van der Waals surface area contributed by atoms with Gasteiger partial charge in [-0.3, -0.25) is 9.11 Å². The van der Waals surface area contributed by atoms with Gasteiger partial charge in [0, 0.05) is 0 Å². The van der Waals surface area contributed by atoms with E-state index < -0.39 is 10.4 Å². The number of allylic oxidation sites excluding steroid dienone is 1. The molecule has 1 unspecified atom stereocenters. The van der Waals surface area contributed by atoms with Gasteiger partial charge in [-0.2, -0.15) is 8.42 Å². The van der Waals surface area contributed by atoms with Gasteiger partial charge < -0.3 is 5.11 Å². The van der Waals surface area contributed by atoms with Crippen molar-refractivity contribution < 1.29 is 22.6 Å². The molecule has 0 saturated heterocycles. The van der Waals surface area contributed by atoms with E-state index in [1.807, 2.05) is 36.4 Å². The Labute approximate surface area is 101 Å². The Kier molecular flexibility index (Phi) is 7.40. The monoisotopic (exact) mass is 260 g/mol. The highest BCUT2D eigenvalue weighted by atomic mass is 32.3. The van der Waals surface area contributed by atoms with Crippen LogP contribution in [0.4, 0.5) is 0 Å². The number of aliphatic hydroxyl groups is 1. The van der Waals surface area contributed by atoms with E-state index in [0.717, 1.165) is 18.4 Å². The lowest BCUT2D eigenvalue weighted by Gasteiger charge is -2.08. The molecule has 0 radical (unpaired) electrons. The van der Waals surface area contributed by atoms with Gasteiger partial charge in [-0.05, 0) is 18.4 Å². The third-order valence-electron chi connectivity index (χ3n) is 1.83. The number of hydrogen-bond acceptors (Lipinski definition) is 3. The van der Waals surface area contributed by atoms with Gasteiger partial charge in [0.25, 0.3) is 0 Å². The van der Waals surface area contributed by atoms with Crippen molar-refractivity contribution in [1.29, 1.82) is 0 Å². The third kappa shape index (κ3) is 11.1. The zero-order chi connectivity index (χ0) is 13.3. The summed E-state index contributed by atoms with van der Waals surface area (Å²) in [5.41, 5.74) is 0.986. The maximum atomic E-state index is 9.60. The maximum absolute atomic E-state index is 9.60. The zero-order valence-electron chi connectivity index (χ0n) is 9.23. The Hall–Kier alpha value is -1.21. The standard InChI is InChI=1S/C11H14O.H2O4S/c1-2-3-9-11(12)10-7-5-4-6-8-10;1-5(2,3)4/h2,4-8,11-12H,1,3,9H2;(H2,1,2,3,4). The van der Waals surface area contributed by atoms with E-state index in [0.29, 0.717) is 0 Å². The molecule has 1 atom stereocenters. The topological polar surface area (TPSA) is 94.8 Å². The molecule has 0 aliphatic rings. The van der Waals surface area contributed by atoms with E-state index in [2.05, 4.69) is 6.58 Å². The van der Waals surface area contributed by atoms with E-state index in [1.165, 1.54) is 0 Å². The van der Waals surface area contributed by atoms with Crippen molar-refractivity contribution in [2.45, 2.75) is 18.9 Å². The van der Waals surface area contributed by atoms with Gasteiger partial charge in [-0.1, -0.05) is 36.4 Å². The summed E-state index contributed by atoms with van der Waals surface area (Å²) in [7, 11) is -4.67. The van der Waals surface area contributed by atoms with Crippen molar-refractivity contribution in [3.63, 3.8) is 0 Å². The first-order chi connectivity index (χ1) is 7.84. The first-order valence-electron chi connectivity index (χ1n) is 4.88. The number of benzene rings is 1. The van der Waals surface area contributed by atoms with Gasteiger partial charge in [-0.25, -0.2) is 0 Å². The molecule has 6 heteroatoms. The van der Waals surface area contributed by atoms with Gasteiger partial charge in [0.05, 0.1) is 6.10 Å². The summed E-state index contributed by atoms with van der Waals surface area (Å²) >= 11 is 0. The number of hydrogen-bond donors (Lipinski definition) is 3. The second-order valence-electron chi connectivity index (χ2n) is 3.24. The van der Waals surface area contributed by atoms with E-state index in [-0.39, 0.29) is 6.10 Å². The van der Waals surface area contributed by atoms with Gasteiger partial charge in [0.2, 0.25) is 0 Å². The summed E-state index contributed by atoms with van der Waals surface area (Å²) in [5.74, 6) is 0. The van der Waals surface area contributed by atoms with Crippen LogP contribution in [0.1, 0.15) is 24.5 Å². The SMILES string of the molecule is C=CCCC(O)c1ccccc1.O=S(=O)(O)O. The molecule has 0 heterocycles. The van der Waals surface area contributed by atoms with Crippen molar-refractivity contribution in [2.24, 2.45) is 0 Å².